The molecular weight excluding hydrogens is 128 g/mol. The van der Waals surface area contributed by atoms with Gasteiger partial charge in [0.15, 0.2) is 0 Å². The third-order valence-electron chi connectivity index (χ3n) is 0.629. The Morgan fingerprint density at radius 2 is 2.38 bits per heavy atom. The van der Waals surface area contributed by atoms with Gasteiger partial charge in [0.2, 0.25) is 0 Å². The van der Waals surface area contributed by atoms with Crippen LogP contribution in [0.15, 0.2) is 0 Å². The first-order valence-corrected chi connectivity index (χ1v) is 3.06. The molecule has 0 aliphatic carbocycles. The lowest BCUT2D eigenvalue weighted by Crippen LogP contribution is -2.03. The highest BCUT2D eigenvalue weighted by Gasteiger charge is 1.93. The number of alkyl halides is 1. The van der Waals surface area contributed by atoms with Gasteiger partial charge in [0.05, 0.1) is 5.88 Å². The van der Waals surface area contributed by atoms with Gasteiger partial charge in [0, 0.05) is 6.42 Å². The number of hydrogen-bond donors (Lipinski definition) is 0. The predicted octanol–water partition coefficient (Wildman–Crippen LogP) is 1.18. The second-order valence-corrected chi connectivity index (χ2v) is 1.64. The second kappa shape index (κ2) is 4.91. The molecule has 0 aliphatic rings. The largest absolute Gasteiger partial charge is 0.464 e. The molecule has 0 saturated carbocycles. The highest BCUT2D eigenvalue weighted by Crippen LogP contribution is 1.84. The summed E-state index contributed by atoms with van der Waals surface area (Å²) in [6.07, 6.45) is 0.427. The van der Waals surface area contributed by atoms with E-state index >= 15 is 0 Å². The first-order chi connectivity index (χ1) is 3.81. The van der Waals surface area contributed by atoms with Crippen LogP contribution in [0, 0.1) is 0 Å². The number of hydrogen-bond acceptors (Lipinski definition) is 2. The lowest BCUT2D eigenvalue weighted by Gasteiger charge is -1.96. The lowest BCUT2D eigenvalue weighted by molar-refractivity contribution is -0.142. The molecule has 0 rings (SSSR count). The Morgan fingerprint density at radius 3 is 2.75 bits per heavy atom. The summed E-state index contributed by atoms with van der Waals surface area (Å²) in [5.41, 5.74) is 0. The molecule has 0 amide bonds. The van der Waals surface area contributed by atoms with Crippen LogP contribution in [-0.2, 0) is 9.53 Å². The van der Waals surface area contributed by atoms with E-state index in [4.69, 9.17) is 11.6 Å². The lowest BCUT2D eigenvalue weighted by atomic mass is 10.5. The zero-order valence-electron chi connectivity index (χ0n) is 4.82. The minimum atomic E-state index is -0.189. The highest BCUT2D eigenvalue weighted by atomic mass is 35.5. The van der Waals surface area contributed by atoms with E-state index in [1.54, 1.807) is 6.92 Å². The Hall–Kier alpha value is -0.240. The van der Waals surface area contributed by atoms with Gasteiger partial charge < -0.3 is 4.74 Å². The molecule has 2 nitrogen and oxygen atoms in total. The van der Waals surface area contributed by atoms with Crippen LogP contribution in [0.1, 0.15) is 13.3 Å². The van der Waals surface area contributed by atoms with Crippen LogP contribution in [-0.4, -0.2) is 18.5 Å². The summed E-state index contributed by atoms with van der Waals surface area (Å²) >= 11 is 5.23. The summed E-state index contributed by atoms with van der Waals surface area (Å²) in [5, 5.41) is 0. The third-order valence-corrected chi connectivity index (χ3v) is 0.783. The van der Waals surface area contributed by atoms with Crippen molar-refractivity contribution >= 4 is 17.6 Å². The number of rotatable bonds is 3. The second-order valence-electron chi connectivity index (χ2n) is 1.26. The topological polar surface area (TPSA) is 26.3 Å². The van der Waals surface area contributed by atoms with Crippen LogP contribution in [0.3, 0.4) is 0 Å². The minimum Gasteiger partial charge on any atom is -0.464 e. The Morgan fingerprint density at radius 1 is 1.75 bits per heavy atom. The van der Waals surface area contributed by atoms with E-state index < -0.39 is 0 Å². The molecule has 0 spiro atoms. The van der Waals surface area contributed by atoms with Crippen molar-refractivity contribution in [1.29, 1.82) is 0 Å². The van der Waals surface area contributed by atoms with E-state index in [0.717, 1.165) is 0 Å². The molecule has 8 heavy (non-hydrogen) atoms. The van der Waals surface area contributed by atoms with Crippen LogP contribution < -0.4 is 0 Å². The van der Waals surface area contributed by atoms with Gasteiger partial charge in [0.1, 0.15) is 6.61 Å². The monoisotopic (exact) mass is 136 g/mol. The molecule has 48 valence electrons. The summed E-state index contributed by atoms with van der Waals surface area (Å²) in [6.45, 7) is 2.07. The average molecular weight is 137 g/mol. The van der Waals surface area contributed by atoms with E-state index in [0.29, 0.717) is 18.9 Å². The Kier molecular flexibility index (Phi) is 4.76. The van der Waals surface area contributed by atoms with Crippen molar-refractivity contribution in [2.45, 2.75) is 13.3 Å². The first-order valence-electron chi connectivity index (χ1n) is 2.52. The Bertz CT molecular complexity index is 72.8. The van der Waals surface area contributed by atoms with Gasteiger partial charge in [-0.05, 0) is 0 Å². The van der Waals surface area contributed by atoms with Crippen LogP contribution in [0.5, 0.6) is 0 Å². The molecule has 0 aromatic rings. The molecule has 0 heterocycles. The summed E-state index contributed by atoms with van der Waals surface area (Å²) in [5.74, 6) is 0.191. The molecule has 0 saturated heterocycles. The third kappa shape index (κ3) is 3.93. The summed E-state index contributed by atoms with van der Waals surface area (Å²) in [7, 11) is 0. The molecule has 0 radical (unpaired) electrons. The fourth-order valence-corrected chi connectivity index (χ4v) is 0.332. The molecule has 0 aliphatic heterocycles. The molecule has 3 heteroatoms. The molecule has 0 fully saturated rings. The summed E-state index contributed by atoms with van der Waals surface area (Å²) in [4.78, 5) is 10.3. The van der Waals surface area contributed by atoms with Crippen LogP contribution in [0.2, 0.25) is 0 Å². The number of carbonyl (C=O) groups is 1. The molecule has 0 atom stereocenters. The number of halogens is 1. The zero-order chi connectivity index (χ0) is 6.41. The Balaban J connectivity index is 2.99. The fourth-order valence-electron chi connectivity index (χ4n) is 0.254. The van der Waals surface area contributed by atoms with Crippen molar-refractivity contribution in [2.75, 3.05) is 12.5 Å². The normalized spacial score (nSPS) is 8.75. The van der Waals surface area contributed by atoms with Crippen LogP contribution >= 0.6 is 11.6 Å². The maximum absolute atomic E-state index is 10.3. The van der Waals surface area contributed by atoms with E-state index in [9.17, 15) is 4.79 Å². The molecule has 0 aromatic heterocycles. The smallest absolute Gasteiger partial charge is 0.305 e. The van der Waals surface area contributed by atoms with Crippen molar-refractivity contribution in [3.8, 4) is 0 Å². The first kappa shape index (κ1) is 7.76. The van der Waals surface area contributed by atoms with Gasteiger partial charge in [-0.2, -0.15) is 0 Å². The van der Waals surface area contributed by atoms with E-state index in [2.05, 4.69) is 4.74 Å². The van der Waals surface area contributed by atoms with Crippen LogP contribution in [0.25, 0.3) is 0 Å². The Labute approximate surface area is 53.8 Å². The van der Waals surface area contributed by atoms with Gasteiger partial charge in [0.25, 0.3) is 0 Å². The van der Waals surface area contributed by atoms with Crippen molar-refractivity contribution in [2.24, 2.45) is 0 Å². The highest BCUT2D eigenvalue weighted by molar-refractivity contribution is 6.18. The average Bonchev–Trinajstić information content (AvgIpc) is 1.83. The SMILES string of the molecule is CCC(=O)OCCCl. The maximum atomic E-state index is 10.3. The number of ether oxygens (including phenoxy) is 1. The summed E-state index contributed by atoms with van der Waals surface area (Å²) in [6, 6.07) is 0. The predicted molar refractivity (Wildman–Crippen MR) is 32.0 cm³/mol. The molecule has 0 aromatic carbocycles. The van der Waals surface area contributed by atoms with E-state index in [-0.39, 0.29) is 5.97 Å². The van der Waals surface area contributed by atoms with Crippen molar-refractivity contribution < 1.29 is 9.53 Å². The molecular formula is C5H9ClO2. The molecule has 0 N–H and O–H groups in total. The van der Waals surface area contributed by atoms with Gasteiger partial charge in [-0.3, -0.25) is 4.79 Å². The van der Waals surface area contributed by atoms with E-state index in [1.807, 2.05) is 0 Å². The zero-order valence-corrected chi connectivity index (χ0v) is 5.57. The van der Waals surface area contributed by atoms with Crippen molar-refractivity contribution in [1.82, 2.24) is 0 Å². The quantitative estimate of drug-likeness (QED) is 0.430. The van der Waals surface area contributed by atoms with Crippen molar-refractivity contribution in [3.63, 3.8) is 0 Å². The van der Waals surface area contributed by atoms with Gasteiger partial charge in [-0.15, -0.1) is 11.6 Å². The fraction of sp³-hybridized carbons (Fsp3) is 0.800. The molecule has 0 unspecified atom stereocenters. The summed E-state index contributed by atoms with van der Waals surface area (Å²) < 4.78 is 4.57. The minimum absolute atomic E-state index is 0.189. The van der Waals surface area contributed by atoms with E-state index in [1.165, 1.54) is 0 Å². The van der Waals surface area contributed by atoms with Gasteiger partial charge in [-0.25, -0.2) is 0 Å². The van der Waals surface area contributed by atoms with Gasteiger partial charge >= 0.3 is 5.97 Å². The standard InChI is InChI=1S/C5H9ClO2/c1-2-5(7)8-4-3-6/h2-4H2,1H3. The number of esters is 1. The maximum Gasteiger partial charge on any atom is 0.305 e. The van der Waals surface area contributed by atoms with Crippen molar-refractivity contribution in [3.05, 3.63) is 0 Å². The van der Waals surface area contributed by atoms with Crippen LogP contribution in [0.4, 0.5) is 0 Å². The van der Waals surface area contributed by atoms with Gasteiger partial charge in [-0.1, -0.05) is 6.92 Å². The molecule has 0 bridgehead atoms. The number of carbonyl (C=O) groups excluding carboxylic acids is 1.